The van der Waals surface area contributed by atoms with Gasteiger partial charge in [-0.25, -0.2) is 9.97 Å². The van der Waals surface area contributed by atoms with Crippen molar-refractivity contribution in [3.63, 3.8) is 0 Å². The minimum absolute atomic E-state index is 0.317. The molecule has 3 heterocycles. The lowest BCUT2D eigenvalue weighted by atomic mass is 9.99. The Morgan fingerprint density at radius 1 is 1.08 bits per heavy atom. The molecule has 0 amide bonds. The SMILES string of the molecule is Nc1ncnc2c1ccn2[C@@H]1OC([C@H](O)c2ccccc2)[C@@H](O)[C@H]1O. The first kappa shape index (κ1) is 16.0. The Morgan fingerprint density at radius 3 is 2.60 bits per heavy atom. The number of aliphatic hydroxyl groups is 3. The van der Waals surface area contributed by atoms with Crippen LogP contribution in [0, 0.1) is 0 Å². The van der Waals surface area contributed by atoms with Gasteiger partial charge in [-0.05, 0) is 11.6 Å². The molecule has 25 heavy (non-hydrogen) atoms. The topological polar surface area (TPSA) is 127 Å². The van der Waals surface area contributed by atoms with Crippen molar-refractivity contribution in [2.24, 2.45) is 0 Å². The van der Waals surface area contributed by atoms with E-state index in [-0.39, 0.29) is 0 Å². The molecule has 1 saturated heterocycles. The molecule has 1 aliphatic heterocycles. The Balaban J connectivity index is 1.67. The summed E-state index contributed by atoms with van der Waals surface area (Å²) in [5, 5.41) is 32.0. The predicted molar refractivity (Wildman–Crippen MR) is 89.3 cm³/mol. The second kappa shape index (κ2) is 6.08. The van der Waals surface area contributed by atoms with Crippen LogP contribution < -0.4 is 5.73 Å². The Kier molecular flexibility index (Phi) is 3.89. The molecular formula is C17H18N4O4. The second-order valence-corrected chi connectivity index (χ2v) is 6.05. The lowest BCUT2D eigenvalue weighted by Crippen LogP contribution is -2.34. The van der Waals surface area contributed by atoms with Crippen LogP contribution in [0.25, 0.3) is 11.0 Å². The van der Waals surface area contributed by atoms with Crippen molar-refractivity contribution in [1.82, 2.24) is 14.5 Å². The molecule has 3 aromatic rings. The smallest absolute Gasteiger partial charge is 0.164 e. The first-order chi connectivity index (χ1) is 12.1. The van der Waals surface area contributed by atoms with Crippen LogP contribution in [0.1, 0.15) is 17.9 Å². The average Bonchev–Trinajstić information content (AvgIpc) is 3.18. The third-order valence-corrected chi connectivity index (χ3v) is 4.54. The molecule has 0 radical (unpaired) electrons. The molecule has 0 saturated carbocycles. The zero-order chi connectivity index (χ0) is 17.6. The van der Waals surface area contributed by atoms with E-state index in [9.17, 15) is 15.3 Å². The van der Waals surface area contributed by atoms with Crippen LogP contribution in [-0.4, -0.2) is 48.2 Å². The van der Waals surface area contributed by atoms with Crippen molar-refractivity contribution in [2.45, 2.75) is 30.6 Å². The van der Waals surface area contributed by atoms with Crippen molar-refractivity contribution in [3.8, 4) is 0 Å². The Labute approximate surface area is 143 Å². The largest absolute Gasteiger partial charge is 0.387 e. The maximum Gasteiger partial charge on any atom is 0.164 e. The highest BCUT2D eigenvalue weighted by atomic mass is 16.6. The monoisotopic (exact) mass is 342 g/mol. The summed E-state index contributed by atoms with van der Waals surface area (Å²) in [6.07, 6.45) is -2.44. The molecule has 5 atom stereocenters. The van der Waals surface area contributed by atoms with Crippen LogP contribution in [0.15, 0.2) is 48.9 Å². The summed E-state index contributed by atoms with van der Waals surface area (Å²) in [5.74, 6) is 0.317. The van der Waals surface area contributed by atoms with Crippen LogP contribution in [0.4, 0.5) is 5.82 Å². The fourth-order valence-electron chi connectivity index (χ4n) is 3.21. The van der Waals surface area contributed by atoms with E-state index in [0.717, 1.165) is 0 Å². The third kappa shape index (κ3) is 2.56. The van der Waals surface area contributed by atoms with E-state index in [1.54, 1.807) is 41.1 Å². The number of anilines is 1. The van der Waals surface area contributed by atoms with Crippen LogP contribution in [0.3, 0.4) is 0 Å². The van der Waals surface area contributed by atoms with Gasteiger partial charge in [-0.3, -0.25) is 0 Å². The number of benzene rings is 1. The van der Waals surface area contributed by atoms with E-state index in [0.29, 0.717) is 22.4 Å². The van der Waals surface area contributed by atoms with E-state index in [1.807, 2.05) is 6.07 Å². The molecule has 1 aromatic carbocycles. The number of nitrogen functional groups attached to an aromatic ring is 1. The number of nitrogens with zero attached hydrogens (tertiary/aromatic N) is 3. The van der Waals surface area contributed by atoms with Crippen LogP contribution >= 0.6 is 0 Å². The predicted octanol–water partition coefficient (Wildman–Crippen LogP) is 0.366. The van der Waals surface area contributed by atoms with Gasteiger partial charge < -0.3 is 30.4 Å². The Morgan fingerprint density at radius 2 is 1.84 bits per heavy atom. The standard InChI is InChI=1S/C17H18N4O4/c18-15-10-6-7-21(16(10)20-8-19-15)17-13(24)12(23)14(25-17)11(22)9-4-2-1-3-5-9/h1-8,11-14,17,22-24H,(H2,18,19,20)/t11-,12+,13-,14?,17-/m1/s1. The first-order valence-electron chi connectivity index (χ1n) is 7.89. The molecule has 0 bridgehead atoms. The lowest BCUT2D eigenvalue weighted by Gasteiger charge is -2.21. The van der Waals surface area contributed by atoms with E-state index < -0.39 is 30.6 Å². The third-order valence-electron chi connectivity index (χ3n) is 4.54. The number of aliphatic hydroxyl groups excluding tert-OH is 3. The number of fused-ring (bicyclic) bond motifs is 1. The molecule has 1 fully saturated rings. The number of hydrogen-bond acceptors (Lipinski definition) is 7. The van der Waals surface area contributed by atoms with Gasteiger partial charge in [0.15, 0.2) is 6.23 Å². The second-order valence-electron chi connectivity index (χ2n) is 6.05. The zero-order valence-corrected chi connectivity index (χ0v) is 13.2. The van der Waals surface area contributed by atoms with Crippen molar-refractivity contribution >= 4 is 16.9 Å². The molecule has 1 unspecified atom stereocenters. The molecule has 5 N–H and O–H groups in total. The van der Waals surface area contributed by atoms with Gasteiger partial charge in [-0.15, -0.1) is 0 Å². The summed E-state index contributed by atoms with van der Waals surface area (Å²) in [4.78, 5) is 8.10. The van der Waals surface area contributed by atoms with Crippen LogP contribution in [0.2, 0.25) is 0 Å². The van der Waals surface area contributed by atoms with Gasteiger partial charge >= 0.3 is 0 Å². The number of rotatable bonds is 3. The molecule has 0 spiro atoms. The number of ether oxygens (including phenoxy) is 1. The molecule has 0 aliphatic carbocycles. The first-order valence-corrected chi connectivity index (χ1v) is 7.89. The minimum Gasteiger partial charge on any atom is -0.387 e. The highest BCUT2D eigenvalue weighted by Crippen LogP contribution is 2.37. The molecule has 2 aromatic heterocycles. The maximum absolute atomic E-state index is 10.5. The number of nitrogens with two attached hydrogens (primary N) is 1. The van der Waals surface area contributed by atoms with Gasteiger partial charge in [0, 0.05) is 6.20 Å². The minimum atomic E-state index is -1.25. The fourth-order valence-corrected chi connectivity index (χ4v) is 3.21. The summed E-state index contributed by atoms with van der Waals surface area (Å²) in [5.41, 5.74) is 6.91. The summed E-state index contributed by atoms with van der Waals surface area (Å²) in [7, 11) is 0. The van der Waals surface area contributed by atoms with Crippen LogP contribution in [-0.2, 0) is 4.74 Å². The average molecular weight is 342 g/mol. The summed E-state index contributed by atoms with van der Waals surface area (Å²) < 4.78 is 7.39. The number of hydrogen-bond donors (Lipinski definition) is 4. The van der Waals surface area contributed by atoms with E-state index >= 15 is 0 Å². The van der Waals surface area contributed by atoms with Crippen molar-refractivity contribution in [1.29, 1.82) is 0 Å². The van der Waals surface area contributed by atoms with Gasteiger partial charge in [0.2, 0.25) is 0 Å². The molecule has 130 valence electrons. The summed E-state index contributed by atoms with van der Waals surface area (Å²) in [6, 6.07) is 10.6. The highest BCUT2D eigenvalue weighted by molar-refractivity contribution is 5.86. The molecule has 1 aliphatic rings. The van der Waals surface area contributed by atoms with Crippen molar-refractivity contribution in [3.05, 3.63) is 54.5 Å². The van der Waals surface area contributed by atoms with Gasteiger partial charge in [-0.1, -0.05) is 30.3 Å². The molecule has 8 heteroatoms. The number of aromatic nitrogens is 3. The molecule has 8 nitrogen and oxygen atoms in total. The van der Waals surface area contributed by atoms with Gasteiger partial charge in [0.05, 0.1) is 5.39 Å². The summed E-state index contributed by atoms with van der Waals surface area (Å²) in [6.45, 7) is 0. The lowest BCUT2D eigenvalue weighted by molar-refractivity contribution is -0.0848. The van der Waals surface area contributed by atoms with E-state index in [4.69, 9.17) is 10.5 Å². The quantitative estimate of drug-likeness (QED) is 0.541. The normalized spacial score (nSPS) is 27.6. The van der Waals surface area contributed by atoms with E-state index in [2.05, 4.69) is 9.97 Å². The fraction of sp³-hybridized carbons (Fsp3) is 0.294. The summed E-state index contributed by atoms with van der Waals surface area (Å²) >= 11 is 0. The van der Waals surface area contributed by atoms with Crippen molar-refractivity contribution in [2.75, 3.05) is 5.73 Å². The van der Waals surface area contributed by atoms with Crippen molar-refractivity contribution < 1.29 is 20.1 Å². The van der Waals surface area contributed by atoms with Gasteiger partial charge in [-0.2, -0.15) is 0 Å². The van der Waals surface area contributed by atoms with Gasteiger partial charge in [0.25, 0.3) is 0 Å². The van der Waals surface area contributed by atoms with E-state index in [1.165, 1.54) is 6.33 Å². The molecular weight excluding hydrogens is 324 g/mol. The van der Waals surface area contributed by atoms with Crippen LogP contribution in [0.5, 0.6) is 0 Å². The Bertz CT molecular complexity index is 885. The highest BCUT2D eigenvalue weighted by Gasteiger charge is 2.47. The van der Waals surface area contributed by atoms with Gasteiger partial charge in [0.1, 0.15) is 42.2 Å². The zero-order valence-electron chi connectivity index (χ0n) is 13.2. The Hall–Kier alpha value is -2.52. The maximum atomic E-state index is 10.5. The molecule has 4 rings (SSSR count).